The van der Waals surface area contributed by atoms with Crippen molar-refractivity contribution in [1.82, 2.24) is 10.6 Å². The summed E-state index contributed by atoms with van der Waals surface area (Å²) in [4.78, 5) is 11.7. The molecule has 0 aromatic heterocycles. The molecule has 1 unspecified atom stereocenters. The number of fused-ring (bicyclic) bond motifs is 1. The minimum atomic E-state index is 0.148. The monoisotopic (exact) mass is 246 g/mol. The lowest BCUT2D eigenvalue weighted by Crippen LogP contribution is -2.33. The summed E-state index contributed by atoms with van der Waals surface area (Å²) < 4.78 is 0. The van der Waals surface area contributed by atoms with Crippen molar-refractivity contribution in [2.24, 2.45) is 0 Å². The standard InChI is InChI=1S/C15H22N2O/c1-11(2)17-15(18)8-7-14-13-6-4-3-5-12(13)9-10-16-14/h3-6,11,14,16H,7-10H2,1-2H3,(H,17,18). The molecular weight excluding hydrogens is 224 g/mol. The third-order valence-corrected chi connectivity index (χ3v) is 3.33. The molecule has 2 N–H and O–H groups in total. The Kier molecular flexibility index (Phi) is 4.37. The van der Waals surface area contributed by atoms with Gasteiger partial charge in [0.15, 0.2) is 0 Å². The van der Waals surface area contributed by atoms with Crippen molar-refractivity contribution < 1.29 is 4.79 Å². The van der Waals surface area contributed by atoms with Crippen LogP contribution in [0.4, 0.5) is 0 Å². The van der Waals surface area contributed by atoms with Gasteiger partial charge in [-0.2, -0.15) is 0 Å². The van der Waals surface area contributed by atoms with Crippen LogP contribution in [-0.4, -0.2) is 18.5 Å². The number of carbonyl (C=O) groups excluding carboxylic acids is 1. The van der Waals surface area contributed by atoms with Crippen molar-refractivity contribution in [3.63, 3.8) is 0 Å². The highest BCUT2D eigenvalue weighted by Gasteiger charge is 2.19. The number of hydrogen-bond donors (Lipinski definition) is 2. The molecule has 0 bridgehead atoms. The lowest BCUT2D eigenvalue weighted by atomic mass is 9.92. The molecule has 18 heavy (non-hydrogen) atoms. The van der Waals surface area contributed by atoms with Gasteiger partial charge in [-0.3, -0.25) is 4.79 Å². The fraction of sp³-hybridized carbons (Fsp3) is 0.533. The van der Waals surface area contributed by atoms with Gasteiger partial charge in [-0.1, -0.05) is 24.3 Å². The Labute approximate surface area is 109 Å². The van der Waals surface area contributed by atoms with Crippen molar-refractivity contribution in [2.75, 3.05) is 6.54 Å². The maximum Gasteiger partial charge on any atom is 0.220 e. The van der Waals surface area contributed by atoms with Gasteiger partial charge in [-0.25, -0.2) is 0 Å². The Balaban J connectivity index is 1.93. The normalized spacial score (nSPS) is 18.5. The SMILES string of the molecule is CC(C)NC(=O)CCC1NCCc2ccccc21. The van der Waals surface area contributed by atoms with Crippen molar-refractivity contribution >= 4 is 5.91 Å². The van der Waals surface area contributed by atoms with Gasteiger partial charge < -0.3 is 10.6 Å². The Morgan fingerprint density at radius 2 is 2.22 bits per heavy atom. The lowest BCUT2D eigenvalue weighted by molar-refractivity contribution is -0.121. The van der Waals surface area contributed by atoms with E-state index in [1.807, 2.05) is 13.8 Å². The quantitative estimate of drug-likeness (QED) is 0.855. The van der Waals surface area contributed by atoms with E-state index in [4.69, 9.17) is 0 Å². The van der Waals surface area contributed by atoms with Gasteiger partial charge in [0.1, 0.15) is 0 Å². The summed E-state index contributed by atoms with van der Waals surface area (Å²) in [6.07, 6.45) is 2.55. The predicted octanol–water partition coefficient (Wildman–Crippen LogP) is 2.18. The maximum absolute atomic E-state index is 11.7. The molecule has 3 heteroatoms. The van der Waals surface area contributed by atoms with E-state index >= 15 is 0 Å². The minimum Gasteiger partial charge on any atom is -0.354 e. The van der Waals surface area contributed by atoms with Crippen LogP contribution in [0.5, 0.6) is 0 Å². The van der Waals surface area contributed by atoms with Gasteiger partial charge >= 0.3 is 0 Å². The first-order valence-electron chi connectivity index (χ1n) is 6.77. The summed E-state index contributed by atoms with van der Waals surface area (Å²) in [5.41, 5.74) is 2.78. The van der Waals surface area contributed by atoms with Crippen LogP contribution in [0.3, 0.4) is 0 Å². The van der Waals surface area contributed by atoms with E-state index in [0.29, 0.717) is 12.5 Å². The molecule has 1 aromatic carbocycles. The Hall–Kier alpha value is -1.35. The molecule has 3 nitrogen and oxygen atoms in total. The molecule has 1 atom stereocenters. The van der Waals surface area contributed by atoms with Gasteiger partial charge in [0.2, 0.25) is 5.91 Å². The molecule has 1 aliphatic heterocycles. The van der Waals surface area contributed by atoms with Crippen LogP contribution in [-0.2, 0) is 11.2 Å². The van der Waals surface area contributed by atoms with Crippen LogP contribution < -0.4 is 10.6 Å². The third-order valence-electron chi connectivity index (χ3n) is 3.33. The van der Waals surface area contributed by atoms with E-state index in [-0.39, 0.29) is 11.9 Å². The Morgan fingerprint density at radius 3 is 3.00 bits per heavy atom. The molecule has 98 valence electrons. The topological polar surface area (TPSA) is 41.1 Å². The van der Waals surface area contributed by atoms with Crippen molar-refractivity contribution in [3.05, 3.63) is 35.4 Å². The van der Waals surface area contributed by atoms with Crippen LogP contribution in [0.1, 0.15) is 43.9 Å². The van der Waals surface area contributed by atoms with E-state index in [2.05, 4.69) is 34.9 Å². The molecule has 0 fully saturated rings. The lowest BCUT2D eigenvalue weighted by Gasteiger charge is -2.26. The number of benzene rings is 1. The highest BCUT2D eigenvalue weighted by molar-refractivity contribution is 5.76. The number of hydrogen-bond acceptors (Lipinski definition) is 2. The number of carbonyl (C=O) groups is 1. The predicted molar refractivity (Wildman–Crippen MR) is 73.4 cm³/mol. The number of nitrogens with one attached hydrogen (secondary N) is 2. The Bertz CT molecular complexity index is 415. The van der Waals surface area contributed by atoms with E-state index < -0.39 is 0 Å². The van der Waals surface area contributed by atoms with Crippen molar-refractivity contribution in [1.29, 1.82) is 0 Å². The number of amides is 1. The smallest absolute Gasteiger partial charge is 0.220 e. The molecule has 0 radical (unpaired) electrons. The molecule has 1 heterocycles. The van der Waals surface area contributed by atoms with Gasteiger partial charge in [0, 0.05) is 18.5 Å². The summed E-state index contributed by atoms with van der Waals surface area (Å²) in [5, 5.41) is 6.44. The van der Waals surface area contributed by atoms with Crippen molar-refractivity contribution in [3.8, 4) is 0 Å². The van der Waals surface area contributed by atoms with Gasteiger partial charge in [0.25, 0.3) is 0 Å². The number of rotatable bonds is 4. The highest BCUT2D eigenvalue weighted by atomic mass is 16.1. The fourth-order valence-corrected chi connectivity index (χ4v) is 2.52. The minimum absolute atomic E-state index is 0.148. The largest absolute Gasteiger partial charge is 0.354 e. The second kappa shape index (κ2) is 6.01. The van der Waals surface area contributed by atoms with Gasteiger partial charge in [-0.05, 0) is 44.4 Å². The molecule has 1 amide bonds. The molecule has 1 aromatic rings. The fourth-order valence-electron chi connectivity index (χ4n) is 2.52. The van der Waals surface area contributed by atoms with Gasteiger partial charge in [-0.15, -0.1) is 0 Å². The molecule has 0 aliphatic carbocycles. The molecule has 0 saturated carbocycles. The van der Waals surface area contributed by atoms with Crippen LogP contribution in [0, 0.1) is 0 Å². The summed E-state index contributed by atoms with van der Waals surface area (Å²) in [6, 6.07) is 9.08. The summed E-state index contributed by atoms with van der Waals surface area (Å²) in [5.74, 6) is 0.148. The third kappa shape index (κ3) is 3.33. The van der Waals surface area contributed by atoms with Crippen molar-refractivity contribution in [2.45, 2.75) is 45.2 Å². The summed E-state index contributed by atoms with van der Waals surface area (Å²) in [6.45, 7) is 4.99. The first-order valence-corrected chi connectivity index (χ1v) is 6.77. The summed E-state index contributed by atoms with van der Waals surface area (Å²) in [7, 11) is 0. The van der Waals surface area contributed by atoms with E-state index in [1.54, 1.807) is 0 Å². The molecular formula is C15H22N2O. The van der Waals surface area contributed by atoms with Crippen LogP contribution >= 0.6 is 0 Å². The zero-order valence-corrected chi connectivity index (χ0v) is 11.2. The molecule has 2 rings (SSSR count). The van der Waals surface area contributed by atoms with E-state index in [1.165, 1.54) is 11.1 Å². The zero-order chi connectivity index (χ0) is 13.0. The first kappa shape index (κ1) is 13.1. The zero-order valence-electron chi connectivity index (χ0n) is 11.2. The highest BCUT2D eigenvalue weighted by Crippen LogP contribution is 2.25. The maximum atomic E-state index is 11.7. The van der Waals surface area contributed by atoms with Gasteiger partial charge in [0.05, 0.1) is 0 Å². The average Bonchev–Trinajstić information content (AvgIpc) is 2.35. The molecule has 0 saturated heterocycles. The van der Waals surface area contributed by atoms with Crippen LogP contribution in [0.2, 0.25) is 0 Å². The molecule has 0 spiro atoms. The second-order valence-corrected chi connectivity index (χ2v) is 5.22. The van der Waals surface area contributed by atoms with E-state index in [9.17, 15) is 4.79 Å². The summed E-state index contributed by atoms with van der Waals surface area (Å²) >= 11 is 0. The average molecular weight is 246 g/mol. The van der Waals surface area contributed by atoms with E-state index in [0.717, 1.165) is 19.4 Å². The molecule has 1 aliphatic rings. The van der Waals surface area contributed by atoms with Crippen LogP contribution in [0.25, 0.3) is 0 Å². The first-order chi connectivity index (χ1) is 8.66. The second-order valence-electron chi connectivity index (χ2n) is 5.22. The Morgan fingerprint density at radius 1 is 1.44 bits per heavy atom. The van der Waals surface area contributed by atoms with Crippen LogP contribution in [0.15, 0.2) is 24.3 Å².